The number of benzene rings is 2. The summed E-state index contributed by atoms with van der Waals surface area (Å²) in [4.78, 5) is 22.3. The van der Waals surface area contributed by atoms with Crippen LogP contribution in [0.2, 0.25) is 5.02 Å². The molecule has 2 rings (SSSR count). The van der Waals surface area contributed by atoms with Crippen LogP contribution >= 0.6 is 23.8 Å². The van der Waals surface area contributed by atoms with Gasteiger partial charge in [-0.15, -0.1) is 0 Å². The smallest absolute Gasteiger partial charge is 0.331 e. The molecule has 136 valence electrons. The molecule has 0 saturated heterocycles. The number of amides is 1. The minimum atomic E-state index is -4.55. The molecule has 0 heterocycles. The molecular weight excluding hydrogens is 395 g/mol. The number of thiocarbonyl (C=S) groups is 1. The molecule has 0 radical (unpaired) electrons. The number of hydrogen-bond donors (Lipinski definition) is 2. The van der Waals surface area contributed by atoms with E-state index in [1.807, 2.05) is 0 Å². The Morgan fingerprint density at radius 1 is 1.19 bits per heavy atom. The van der Waals surface area contributed by atoms with Crippen LogP contribution < -0.4 is 10.6 Å². The number of hydrogen-bond acceptors (Lipinski definition) is 4. The van der Waals surface area contributed by atoms with Crippen LogP contribution in [0.25, 0.3) is 0 Å². The van der Waals surface area contributed by atoms with Crippen LogP contribution in [-0.4, -0.2) is 15.9 Å². The molecule has 0 aromatic heterocycles. The van der Waals surface area contributed by atoms with Crippen LogP contribution in [0.15, 0.2) is 42.5 Å². The zero-order valence-corrected chi connectivity index (χ0v) is 14.2. The Morgan fingerprint density at radius 2 is 1.85 bits per heavy atom. The summed E-state index contributed by atoms with van der Waals surface area (Å²) < 4.78 is 37.8. The molecule has 2 aromatic rings. The average Bonchev–Trinajstić information content (AvgIpc) is 2.55. The number of carbonyl (C=O) groups is 1. The Balaban J connectivity index is 2.12. The lowest BCUT2D eigenvalue weighted by molar-refractivity contribution is -0.385. The van der Waals surface area contributed by atoms with Crippen molar-refractivity contribution in [3.05, 3.63) is 68.7 Å². The van der Waals surface area contributed by atoms with Crippen LogP contribution in [0.5, 0.6) is 0 Å². The van der Waals surface area contributed by atoms with Gasteiger partial charge in [-0.3, -0.25) is 20.2 Å². The van der Waals surface area contributed by atoms with Crippen LogP contribution in [0.1, 0.15) is 15.9 Å². The van der Waals surface area contributed by atoms with Gasteiger partial charge in [0.1, 0.15) is 5.56 Å². The van der Waals surface area contributed by atoms with Crippen molar-refractivity contribution in [3.63, 3.8) is 0 Å². The van der Waals surface area contributed by atoms with Crippen molar-refractivity contribution in [3.8, 4) is 0 Å². The quantitative estimate of drug-likeness (QED) is 0.451. The van der Waals surface area contributed by atoms with Gasteiger partial charge in [0, 0.05) is 6.07 Å². The molecule has 0 aliphatic rings. The highest BCUT2D eigenvalue weighted by Gasteiger charge is 2.31. The molecule has 2 aromatic carbocycles. The number of nitro benzene ring substituents is 1. The second-order valence-electron chi connectivity index (χ2n) is 4.87. The average molecular weight is 404 g/mol. The van der Waals surface area contributed by atoms with Gasteiger partial charge in [-0.2, -0.15) is 13.2 Å². The number of nitro groups is 1. The lowest BCUT2D eigenvalue weighted by Crippen LogP contribution is -2.34. The van der Waals surface area contributed by atoms with Gasteiger partial charge in [0.05, 0.1) is 21.2 Å². The lowest BCUT2D eigenvalue weighted by Gasteiger charge is -2.13. The summed E-state index contributed by atoms with van der Waals surface area (Å²) >= 11 is 10.7. The van der Waals surface area contributed by atoms with E-state index in [1.165, 1.54) is 18.2 Å². The molecule has 0 spiro atoms. The monoisotopic (exact) mass is 403 g/mol. The Kier molecular flexibility index (Phi) is 5.78. The number of carbonyl (C=O) groups excluding carboxylic acids is 1. The maximum atomic E-state index is 12.6. The van der Waals surface area contributed by atoms with Gasteiger partial charge < -0.3 is 5.32 Å². The van der Waals surface area contributed by atoms with Crippen molar-refractivity contribution in [1.82, 2.24) is 5.32 Å². The first-order chi connectivity index (χ1) is 12.1. The number of nitrogens with zero attached hydrogens (tertiary/aromatic N) is 1. The molecule has 11 heteroatoms. The van der Waals surface area contributed by atoms with Crippen LogP contribution in [0.3, 0.4) is 0 Å². The number of rotatable bonds is 3. The Morgan fingerprint density at radius 3 is 2.42 bits per heavy atom. The summed E-state index contributed by atoms with van der Waals surface area (Å²) in [6.45, 7) is 0. The number of halogens is 4. The van der Waals surface area contributed by atoms with Crippen molar-refractivity contribution in [2.45, 2.75) is 6.18 Å². The summed E-state index contributed by atoms with van der Waals surface area (Å²) in [5.74, 6) is -0.849. The molecule has 0 atom stereocenters. The zero-order valence-electron chi connectivity index (χ0n) is 12.6. The molecular formula is C15H9ClF3N3O3S. The summed E-state index contributed by atoms with van der Waals surface area (Å²) in [6.07, 6.45) is -4.55. The van der Waals surface area contributed by atoms with Gasteiger partial charge in [0.15, 0.2) is 5.11 Å². The molecule has 0 saturated carbocycles. The Labute approximate surface area is 155 Å². The second kappa shape index (κ2) is 7.67. The van der Waals surface area contributed by atoms with E-state index in [-0.39, 0.29) is 21.4 Å². The molecule has 0 fully saturated rings. The van der Waals surface area contributed by atoms with Crippen molar-refractivity contribution in [2.24, 2.45) is 0 Å². The molecule has 0 aliphatic heterocycles. The summed E-state index contributed by atoms with van der Waals surface area (Å²) in [5.41, 5.74) is -1.55. The first-order valence-corrected chi connectivity index (χ1v) is 7.60. The van der Waals surface area contributed by atoms with Gasteiger partial charge >= 0.3 is 6.18 Å². The summed E-state index contributed by atoms with van der Waals surface area (Å²) in [7, 11) is 0. The molecule has 0 aliphatic carbocycles. The fourth-order valence-electron chi connectivity index (χ4n) is 1.94. The van der Waals surface area contributed by atoms with E-state index in [0.717, 1.165) is 18.2 Å². The Bertz CT molecular complexity index is 890. The SMILES string of the molecule is O=C(NC(=S)Nc1ccc(C(F)(F)F)cc1Cl)c1ccccc1[N+](=O)[O-]. The second-order valence-corrected chi connectivity index (χ2v) is 5.69. The zero-order chi connectivity index (χ0) is 19.5. The Hall–Kier alpha value is -2.72. The van der Waals surface area contributed by atoms with E-state index in [0.29, 0.717) is 6.07 Å². The molecule has 6 nitrogen and oxygen atoms in total. The summed E-state index contributed by atoms with van der Waals surface area (Å²) in [6, 6.07) is 7.77. The maximum Gasteiger partial charge on any atom is 0.416 e. The van der Waals surface area contributed by atoms with Gasteiger partial charge in [-0.1, -0.05) is 23.7 Å². The lowest BCUT2D eigenvalue weighted by atomic mass is 10.1. The predicted octanol–water partition coefficient (Wildman–Crippen LogP) is 4.39. The van der Waals surface area contributed by atoms with Crippen LogP contribution in [0, 0.1) is 10.1 Å². The maximum absolute atomic E-state index is 12.6. The van der Waals surface area contributed by atoms with Gasteiger partial charge in [-0.05, 0) is 36.5 Å². The third-order valence-electron chi connectivity index (χ3n) is 3.12. The van der Waals surface area contributed by atoms with Crippen molar-refractivity contribution < 1.29 is 22.9 Å². The number of alkyl halides is 3. The molecule has 26 heavy (non-hydrogen) atoms. The topological polar surface area (TPSA) is 84.3 Å². The van der Waals surface area contributed by atoms with E-state index in [1.54, 1.807) is 0 Å². The third-order valence-corrected chi connectivity index (χ3v) is 3.63. The molecule has 0 bridgehead atoms. The standard InChI is InChI=1S/C15H9ClF3N3O3S/c16-10-7-8(15(17,18)19)5-6-11(10)20-14(26)21-13(23)9-3-1-2-4-12(9)22(24)25/h1-7H,(H2,20,21,23,26). The first kappa shape index (κ1) is 19.6. The molecule has 0 unspecified atom stereocenters. The fraction of sp³-hybridized carbons (Fsp3) is 0.0667. The van der Waals surface area contributed by atoms with Gasteiger partial charge in [-0.25, -0.2) is 0 Å². The molecule has 2 N–H and O–H groups in total. The van der Waals surface area contributed by atoms with E-state index >= 15 is 0 Å². The number of nitrogens with one attached hydrogen (secondary N) is 2. The van der Waals surface area contributed by atoms with E-state index in [9.17, 15) is 28.1 Å². The van der Waals surface area contributed by atoms with E-state index < -0.39 is 28.3 Å². The number of anilines is 1. The van der Waals surface area contributed by atoms with Crippen LogP contribution in [-0.2, 0) is 6.18 Å². The largest absolute Gasteiger partial charge is 0.416 e. The first-order valence-electron chi connectivity index (χ1n) is 6.82. The van der Waals surface area contributed by atoms with Crippen molar-refractivity contribution >= 4 is 46.2 Å². The third kappa shape index (κ3) is 4.67. The van der Waals surface area contributed by atoms with Gasteiger partial charge in [0.2, 0.25) is 0 Å². The molecule has 1 amide bonds. The number of para-hydroxylation sites is 1. The minimum Gasteiger partial charge on any atom is -0.331 e. The van der Waals surface area contributed by atoms with E-state index in [4.69, 9.17) is 23.8 Å². The van der Waals surface area contributed by atoms with Crippen molar-refractivity contribution in [1.29, 1.82) is 0 Å². The fourth-order valence-corrected chi connectivity index (χ4v) is 2.37. The van der Waals surface area contributed by atoms with Gasteiger partial charge in [0.25, 0.3) is 11.6 Å². The van der Waals surface area contributed by atoms with Crippen LogP contribution in [0.4, 0.5) is 24.5 Å². The van der Waals surface area contributed by atoms with Crippen molar-refractivity contribution in [2.75, 3.05) is 5.32 Å². The highest BCUT2D eigenvalue weighted by Crippen LogP contribution is 2.33. The highest BCUT2D eigenvalue weighted by molar-refractivity contribution is 7.80. The normalized spacial score (nSPS) is 10.9. The summed E-state index contributed by atoms with van der Waals surface area (Å²) in [5, 5.41) is 15.1. The van der Waals surface area contributed by atoms with E-state index in [2.05, 4.69) is 10.6 Å². The minimum absolute atomic E-state index is 0.0347. The highest BCUT2D eigenvalue weighted by atomic mass is 35.5. The predicted molar refractivity (Wildman–Crippen MR) is 93.2 cm³/mol.